The number of carbonyl (C=O) groups is 1. The Balaban J connectivity index is 1.66. The minimum absolute atomic E-state index is 0.00579. The molecule has 0 spiro atoms. The minimum atomic E-state index is -0.00579. The molecule has 1 heterocycles. The van der Waals surface area contributed by atoms with Crippen LogP contribution < -0.4 is 0 Å². The Kier molecular flexibility index (Phi) is 5.28. The lowest BCUT2D eigenvalue weighted by Crippen LogP contribution is -2.27. The molecule has 0 radical (unpaired) electrons. The smallest absolute Gasteiger partial charge is 0.246 e. The Bertz CT molecular complexity index is 892. The molecule has 25 heavy (non-hydrogen) atoms. The second kappa shape index (κ2) is 7.61. The molecule has 2 aromatic carbocycles. The molecule has 3 aromatic rings. The summed E-state index contributed by atoms with van der Waals surface area (Å²) in [5.41, 5.74) is 2.96. The summed E-state index contributed by atoms with van der Waals surface area (Å²) in [4.78, 5) is 18.4. The summed E-state index contributed by atoms with van der Waals surface area (Å²) >= 11 is 3.42. The van der Waals surface area contributed by atoms with Crippen molar-refractivity contribution >= 4 is 21.8 Å². The molecule has 0 atom stereocenters. The van der Waals surface area contributed by atoms with Gasteiger partial charge in [-0.15, -0.1) is 0 Å². The van der Waals surface area contributed by atoms with Gasteiger partial charge in [0, 0.05) is 17.1 Å². The number of likely N-dealkylation sites (N-methyl/N-ethyl adjacent to an activating group) is 1. The van der Waals surface area contributed by atoms with Crippen LogP contribution in [-0.2, 0) is 17.8 Å². The van der Waals surface area contributed by atoms with Crippen LogP contribution in [0, 0.1) is 6.92 Å². The second-order valence-corrected chi connectivity index (χ2v) is 6.80. The van der Waals surface area contributed by atoms with E-state index in [9.17, 15) is 4.79 Å². The molecule has 1 amide bonds. The van der Waals surface area contributed by atoms with Gasteiger partial charge in [-0.05, 0) is 30.2 Å². The third-order valence-electron chi connectivity index (χ3n) is 3.90. The van der Waals surface area contributed by atoms with E-state index in [-0.39, 0.29) is 12.5 Å². The van der Waals surface area contributed by atoms with Crippen molar-refractivity contribution in [3.63, 3.8) is 0 Å². The van der Waals surface area contributed by atoms with Gasteiger partial charge in [0.1, 0.15) is 0 Å². The van der Waals surface area contributed by atoms with Gasteiger partial charge < -0.3 is 9.42 Å². The summed E-state index contributed by atoms with van der Waals surface area (Å²) in [6.45, 7) is 2.28. The summed E-state index contributed by atoms with van der Waals surface area (Å²) in [7, 11) is 1.73. The zero-order valence-electron chi connectivity index (χ0n) is 14.1. The lowest BCUT2D eigenvalue weighted by atomic mass is 10.1. The highest BCUT2D eigenvalue weighted by atomic mass is 79.9. The Morgan fingerprint density at radius 3 is 2.76 bits per heavy atom. The standard InChI is InChI=1S/C19H18BrN3O2/c1-13-6-3-4-9-16(13)19-21-17(25-22-19)12-23(2)18(24)11-14-7-5-8-15(20)10-14/h3-10H,11-12H2,1-2H3. The molecule has 3 rings (SSSR count). The maximum absolute atomic E-state index is 12.4. The molecule has 5 nitrogen and oxygen atoms in total. The third kappa shape index (κ3) is 4.33. The minimum Gasteiger partial charge on any atom is -0.337 e. The summed E-state index contributed by atoms with van der Waals surface area (Å²) < 4.78 is 6.26. The van der Waals surface area contributed by atoms with Crippen LogP contribution in [0.5, 0.6) is 0 Å². The Hall–Kier alpha value is -2.47. The summed E-state index contributed by atoms with van der Waals surface area (Å²) in [5, 5.41) is 4.02. The predicted molar refractivity (Wildman–Crippen MR) is 98.8 cm³/mol. The number of nitrogens with zero attached hydrogens (tertiary/aromatic N) is 3. The summed E-state index contributed by atoms with van der Waals surface area (Å²) in [6.07, 6.45) is 0.328. The van der Waals surface area contributed by atoms with Crippen LogP contribution in [0.15, 0.2) is 57.5 Å². The van der Waals surface area contributed by atoms with E-state index in [0.717, 1.165) is 21.2 Å². The van der Waals surface area contributed by atoms with Crippen LogP contribution in [0.3, 0.4) is 0 Å². The van der Waals surface area contributed by atoms with Gasteiger partial charge >= 0.3 is 0 Å². The largest absolute Gasteiger partial charge is 0.337 e. The average Bonchev–Trinajstić information content (AvgIpc) is 3.03. The highest BCUT2D eigenvalue weighted by Gasteiger charge is 2.16. The average molecular weight is 400 g/mol. The lowest BCUT2D eigenvalue weighted by Gasteiger charge is -2.14. The van der Waals surface area contributed by atoms with Crippen LogP contribution in [0.4, 0.5) is 0 Å². The molecule has 0 bridgehead atoms. The highest BCUT2D eigenvalue weighted by molar-refractivity contribution is 9.10. The van der Waals surface area contributed by atoms with E-state index in [2.05, 4.69) is 26.1 Å². The number of hydrogen-bond acceptors (Lipinski definition) is 4. The van der Waals surface area contributed by atoms with Crippen LogP contribution >= 0.6 is 15.9 Å². The first-order valence-electron chi connectivity index (χ1n) is 7.90. The number of carbonyl (C=O) groups excluding carboxylic acids is 1. The summed E-state index contributed by atoms with van der Waals surface area (Å²) in [5.74, 6) is 0.957. The maximum atomic E-state index is 12.4. The van der Waals surface area contributed by atoms with Crippen molar-refractivity contribution in [2.45, 2.75) is 19.9 Å². The molecule has 0 unspecified atom stereocenters. The highest BCUT2D eigenvalue weighted by Crippen LogP contribution is 2.20. The zero-order valence-corrected chi connectivity index (χ0v) is 15.7. The van der Waals surface area contributed by atoms with Crippen molar-refractivity contribution in [3.8, 4) is 11.4 Å². The molecule has 0 fully saturated rings. The summed E-state index contributed by atoms with van der Waals surface area (Å²) in [6, 6.07) is 15.6. The Morgan fingerprint density at radius 2 is 2.00 bits per heavy atom. The van der Waals surface area contributed by atoms with Gasteiger partial charge in [-0.25, -0.2) is 0 Å². The SMILES string of the molecule is Cc1ccccc1-c1noc(CN(C)C(=O)Cc2cccc(Br)c2)n1. The van der Waals surface area contributed by atoms with E-state index in [1.807, 2.05) is 55.5 Å². The fourth-order valence-electron chi connectivity index (χ4n) is 2.50. The van der Waals surface area contributed by atoms with Crippen molar-refractivity contribution in [2.24, 2.45) is 0 Å². The van der Waals surface area contributed by atoms with Gasteiger partial charge in [0.25, 0.3) is 0 Å². The third-order valence-corrected chi connectivity index (χ3v) is 4.39. The van der Waals surface area contributed by atoms with Gasteiger partial charge in [0.15, 0.2) is 0 Å². The molecular weight excluding hydrogens is 382 g/mol. The van der Waals surface area contributed by atoms with E-state index in [4.69, 9.17) is 4.52 Å². The Morgan fingerprint density at radius 1 is 1.20 bits per heavy atom. The number of benzene rings is 2. The van der Waals surface area contributed by atoms with Crippen LogP contribution in [0.25, 0.3) is 11.4 Å². The van der Waals surface area contributed by atoms with Gasteiger partial charge in [0.2, 0.25) is 17.6 Å². The molecule has 0 saturated heterocycles. The molecule has 0 aliphatic heterocycles. The number of aryl methyl sites for hydroxylation is 1. The molecule has 0 aliphatic rings. The first-order valence-corrected chi connectivity index (χ1v) is 8.69. The molecule has 0 aliphatic carbocycles. The van der Waals surface area contributed by atoms with Gasteiger partial charge in [-0.3, -0.25) is 4.79 Å². The fraction of sp³-hybridized carbons (Fsp3) is 0.211. The van der Waals surface area contributed by atoms with Crippen molar-refractivity contribution in [2.75, 3.05) is 7.05 Å². The van der Waals surface area contributed by atoms with Gasteiger partial charge in [0.05, 0.1) is 13.0 Å². The van der Waals surface area contributed by atoms with E-state index < -0.39 is 0 Å². The first kappa shape index (κ1) is 17.4. The molecule has 1 aromatic heterocycles. The normalized spacial score (nSPS) is 10.7. The van der Waals surface area contributed by atoms with E-state index in [1.54, 1.807) is 11.9 Å². The fourth-order valence-corrected chi connectivity index (χ4v) is 2.95. The van der Waals surface area contributed by atoms with Crippen LogP contribution in [0.1, 0.15) is 17.0 Å². The van der Waals surface area contributed by atoms with Crippen molar-refractivity contribution in [3.05, 3.63) is 70.0 Å². The Labute approximate surface area is 154 Å². The number of halogens is 1. The van der Waals surface area contributed by atoms with Crippen LogP contribution in [0.2, 0.25) is 0 Å². The number of aromatic nitrogens is 2. The molecule has 128 valence electrons. The quantitative estimate of drug-likeness (QED) is 0.650. The van der Waals surface area contributed by atoms with Crippen molar-refractivity contribution in [1.29, 1.82) is 0 Å². The molecular formula is C19H18BrN3O2. The number of rotatable bonds is 5. The molecule has 0 N–H and O–H groups in total. The monoisotopic (exact) mass is 399 g/mol. The first-order chi connectivity index (χ1) is 12.0. The van der Waals surface area contributed by atoms with Crippen LogP contribution in [-0.4, -0.2) is 28.0 Å². The lowest BCUT2D eigenvalue weighted by molar-refractivity contribution is -0.130. The van der Waals surface area contributed by atoms with Crippen molar-refractivity contribution < 1.29 is 9.32 Å². The predicted octanol–water partition coefficient (Wildman–Crippen LogP) is 4.01. The van der Waals surface area contributed by atoms with Gasteiger partial charge in [-0.1, -0.05) is 57.5 Å². The maximum Gasteiger partial charge on any atom is 0.246 e. The van der Waals surface area contributed by atoms with E-state index in [0.29, 0.717) is 18.1 Å². The van der Waals surface area contributed by atoms with E-state index >= 15 is 0 Å². The molecule has 6 heteroatoms. The zero-order chi connectivity index (χ0) is 17.8. The second-order valence-electron chi connectivity index (χ2n) is 5.88. The number of amides is 1. The van der Waals surface area contributed by atoms with E-state index in [1.165, 1.54) is 0 Å². The topological polar surface area (TPSA) is 59.2 Å². The number of hydrogen-bond donors (Lipinski definition) is 0. The van der Waals surface area contributed by atoms with Gasteiger partial charge in [-0.2, -0.15) is 4.98 Å². The van der Waals surface area contributed by atoms with Crippen molar-refractivity contribution in [1.82, 2.24) is 15.0 Å². The molecule has 0 saturated carbocycles.